The van der Waals surface area contributed by atoms with Crippen molar-refractivity contribution in [1.29, 1.82) is 0 Å². The number of nitrogens with one attached hydrogen (secondary N) is 1. The minimum absolute atomic E-state index is 0.149. The molecule has 0 atom stereocenters. The van der Waals surface area contributed by atoms with Crippen molar-refractivity contribution in [3.05, 3.63) is 77.6 Å². The summed E-state index contributed by atoms with van der Waals surface area (Å²) in [5.74, 6) is 0.965. The van der Waals surface area contributed by atoms with Gasteiger partial charge in [0.05, 0.1) is 6.42 Å². The van der Waals surface area contributed by atoms with Gasteiger partial charge < -0.3 is 14.5 Å². The fourth-order valence-corrected chi connectivity index (χ4v) is 3.23. The van der Waals surface area contributed by atoms with Crippen molar-refractivity contribution in [1.82, 2.24) is 0 Å². The molecule has 2 aromatic carbocycles. The van der Waals surface area contributed by atoms with Crippen LogP contribution in [-0.2, 0) is 20.7 Å². The van der Waals surface area contributed by atoms with Gasteiger partial charge >= 0.3 is 5.97 Å². The van der Waals surface area contributed by atoms with Gasteiger partial charge in [0.2, 0.25) is 0 Å². The molecular weight excluding hydrogens is 378 g/mol. The molecule has 0 unspecified atom stereocenters. The molecule has 30 heavy (non-hydrogen) atoms. The number of rotatable bonds is 8. The molecule has 0 saturated heterocycles. The molecule has 0 radical (unpaired) electrons. The third-order valence-corrected chi connectivity index (χ3v) is 4.85. The Morgan fingerprint density at radius 1 is 1.00 bits per heavy atom. The molecule has 0 aliphatic carbocycles. The van der Waals surface area contributed by atoms with Crippen LogP contribution in [0.3, 0.4) is 0 Å². The Kier molecular flexibility index (Phi) is 7.07. The normalized spacial score (nSPS) is 10.8. The van der Waals surface area contributed by atoms with Crippen LogP contribution >= 0.6 is 0 Å². The molecule has 3 aromatic rings. The van der Waals surface area contributed by atoms with Gasteiger partial charge in [-0.3, -0.25) is 9.59 Å². The van der Waals surface area contributed by atoms with Gasteiger partial charge in [0, 0.05) is 17.7 Å². The molecule has 3 rings (SSSR count). The summed E-state index contributed by atoms with van der Waals surface area (Å²) >= 11 is 0. The maximum atomic E-state index is 12.3. The van der Waals surface area contributed by atoms with Gasteiger partial charge in [-0.2, -0.15) is 0 Å². The summed E-state index contributed by atoms with van der Waals surface area (Å²) < 4.78 is 10.9. The second-order valence-corrected chi connectivity index (χ2v) is 7.53. The van der Waals surface area contributed by atoms with Crippen molar-refractivity contribution >= 4 is 17.6 Å². The van der Waals surface area contributed by atoms with E-state index in [0.717, 1.165) is 28.1 Å². The van der Waals surface area contributed by atoms with E-state index in [2.05, 4.69) is 19.2 Å². The molecule has 0 saturated carbocycles. The molecule has 1 amide bonds. The zero-order chi connectivity index (χ0) is 21.5. The number of anilines is 1. The number of amides is 1. The largest absolute Gasteiger partial charge is 0.461 e. The van der Waals surface area contributed by atoms with E-state index in [4.69, 9.17) is 9.15 Å². The van der Waals surface area contributed by atoms with Crippen molar-refractivity contribution in [2.24, 2.45) is 0 Å². The number of esters is 1. The van der Waals surface area contributed by atoms with E-state index in [1.54, 1.807) is 0 Å². The Morgan fingerprint density at radius 3 is 2.50 bits per heavy atom. The topological polar surface area (TPSA) is 68.5 Å². The highest BCUT2D eigenvalue weighted by Gasteiger charge is 2.14. The van der Waals surface area contributed by atoms with Crippen molar-refractivity contribution in [2.45, 2.75) is 39.5 Å². The lowest BCUT2D eigenvalue weighted by atomic mass is 9.98. The molecule has 1 N–H and O–H groups in total. The van der Waals surface area contributed by atoms with Crippen molar-refractivity contribution in [3.63, 3.8) is 0 Å². The number of aryl methyl sites for hydroxylation is 2. The van der Waals surface area contributed by atoms with Crippen LogP contribution in [0.5, 0.6) is 0 Å². The summed E-state index contributed by atoms with van der Waals surface area (Å²) in [6, 6.07) is 19.4. The fraction of sp³-hybridized carbons (Fsp3) is 0.280. The highest BCUT2D eigenvalue weighted by Crippen LogP contribution is 2.27. The lowest BCUT2D eigenvalue weighted by Crippen LogP contribution is -2.22. The first-order valence-corrected chi connectivity index (χ1v) is 10.1. The lowest BCUT2D eigenvalue weighted by Gasteiger charge is -2.16. The first-order chi connectivity index (χ1) is 14.4. The Bertz CT molecular complexity index is 1000. The van der Waals surface area contributed by atoms with Crippen LogP contribution in [0.4, 0.5) is 5.69 Å². The van der Waals surface area contributed by atoms with Gasteiger partial charge in [0.15, 0.2) is 6.61 Å². The third kappa shape index (κ3) is 5.60. The Morgan fingerprint density at radius 2 is 1.77 bits per heavy atom. The number of hydrogen-bond donors (Lipinski definition) is 1. The minimum atomic E-state index is -0.434. The molecule has 0 fully saturated rings. The number of hydrogen-bond acceptors (Lipinski definition) is 4. The number of ether oxygens (including phenoxy) is 1. The molecule has 1 heterocycles. The van der Waals surface area contributed by atoms with E-state index in [-0.39, 0.29) is 24.9 Å². The SMILES string of the molecule is Cc1cccc(C(C)C)c1NC(=O)COC(=O)CCc1ccc(-c2ccccc2)o1. The number of benzene rings is 2. The summed E-state index contributed by atoms with van der Waals surface area (Å²) in [6.45, 7) is 5.78. The number of carbonyl (C=O) groups excluding carboxylic acids is 2. The summed E-state index contributed by atoms with van der Waals surface area (Å²) in [5, 5.41) is 2.88. The van der Waals surface area contributed by atoms with Gasteiger partial charge in [0.25, 0.3) is 5.91 Å². The van der Waals surface area contributed by atoms with Gasteiger partial charge in [-0.25, -0.2) is 0 Å². The summed E-state index contributed by atoms with van der Waals surface area (Å²) in [4.78, 5) is 24.3. The van der Waals surface area contributed by atoms with Crippen LogP contribution in [0.1, 0.15) is 43.1 Å². The van der Waals surface area contributed by atoms with Crippen molar-refractivity contribution in [3.8, 4) is 11.3 Å². The van der Waals surface area contributed by atoms with E-state index in [9.17, 15) is 9.59 Å². The van der Waals surface area contributed by atoms with E-state index >= 15 is 0 Å². The summed E-state index contributed by atoms with van der Waals surface area (Å²) in [5.41, 5.74) is 3.81. The van der Waals surface area contributed by atoms with Crippen LogP contribution < -0.4 is 5.32 Å². The average Bonchev–Trinajstić information content (AvgIpc) is 3.22. The maximum absolute atomic E-state index is 12.3. The van der Waals surface area contributed by atoms with E-state index in [1.807, 2.05) is 67.6 Å². The minimum Gasteiger partial charge on any atom is -0.461 e. The molecule has 5 heteroatoms. The van der Waals surface area contributed by atoms with Gasteiger partial charge in [-0.15, -0.1) is 0 Å². The zero-order valence-corrected chi connectivity index (χ0v) is 17.6. The second-order valence-electron chi connectivity index (χ2n) is 7.53. The smallest absolute Gasteiger partial charge is 0.306 e. The van der Waals surface area contributed by atoms with Crippen LogP contribution in [0, 0.1) is 6.92 Å². The highest BCUT2D eigenvalue weighted by molar-refractivity contribution is 5.94. The molecule has 1 aromatic heterocycles. The summed E-state index contributed by atoms with van der Waals surface area (Å²) in [7, 11) is 0. The molecular formula is C25H27NO4. The quantitative estimate of drug-likeness (QED) is 0.503. The van der Waals surface area contributed by atoms with E-state index in [1.165, 1.54) is 0 Å². The van der Waals surface area contributed by atoms with Gasteiger partial charge in [-0.1, -0.05) is 62.4 Å². The van der Waals surface area contributed by atoms with Crippen LogP contribution in [-0.4, -0.2) is 18.5 Å². The fourth-order valence-electron chi connectivity index (χ4n) is 3.23. The lowest BCUT2D eigenvalue weighted by molar-refractivity contribution is -0.147. The van der Waals surface area contributed by atoms with Gasteiger partial charge in [-0.05, 0) is 36.1 Å². The highest BCUT2D eigenvalue weighted by atomic mass is 16.5. The Balaban J connectivity index is 1.47. The van der Waals surface area contributed by atoms with Crippen LogP contribution in [0.15, 0.2) is 65.1 Å². The average molecular weight is 405 g/mol. The molecule has 0 bridgehead atoms. The molecule has 0 aliphatic rings. The molecule has 156 valence electrons. The molecule has 5 nitrogen and oxygen atoms in total. The standard InChI is InChI=1S/C25H27NO4/c1-17(2)21-11-7-8-18(3)25(21)26-23(27)16-29-24(28)15-13-20-12-14-22(30-20)19-9-5-4-6-10-19/h4-12,14,17H,13,15-16H2,1-3H3,(H,26,27). The Hall–Kier alpha value is -3.34. The first kappa shape index (κ1) is 21.4. The zero-order valence-electron chi connectivity index (χ0n) is 17.6. The predicted octanol–water partition coefficient (Wildman–Crippen LogP) is 5.49. The van der Waals surface area contributed by atoms with Gasteiger partial charge in [0.1, 0.15) is 11.5 Å². The van der Waals surface area contributed by atoms with Crippen LogP contribution in [0.2, 0.25) is 0 Å². The van der Waals surface area contributed by atoms with E-state index < -0.39 is 5.97 Å². The summed E-state index contributed by atoms with van der Waals surface area (Å²) in [6.07, 6.45) is 0.569. The second kappa shape index (κ2) is 9.92. The Labute approximate surface area is 177 Å². The number of furan rings is 1. The van der Waals surface area contributed by atoms with Crippen molar-refractivity contribution in [2.75, 3.05) is 11.9 Å². The molecule has 0 aliphatic heterocycles. The first-order valence-electron chi connectivity index (χ1n) is 10.1. The monoisotopic (exact) mass is 405 g/mol. The number of para-hydroxylation sites is 1. The number of carbonyl (C=O) groups is 2. The van der Waals surface area contributed by atoms with E-state index in [0.29, 0.717) is 12.2 Å². The van der Waals surface area contributed by atoms with Crippen LogP contribution in [0.25, 0.3) is 11.3 Å². The predicted molar refractivity (Wildman–Crippen MR) is 117 cm³/mol. The third-order valence-electron chi connectivity index (χ3n) is 4.85. The molecule has 0 spiro atoms. The maximum Gasteiger partial charge on any atom is 0.306 e. The van der Waals surface area contributed by atoms with Crippen molar-refractivity contribution < 1.29 is 18.7 Å².